The fourth-order valence-corrected chi connectivity index (χ4v) is 4.27. The first-order valence-electron chi connectivity index (χ1n) is 10.9. The van der Waals surface area contributed by atoms with E-state index < -0.39 is 0 Å². The van der Waals surface area contributed by atoms with Crippen LogP contribution in [0.2, 0.25) is 0 Å². The molecule has 0 radical (unpaired) electrons. The quantitative estimate of drug-likeness (QED) is 0.534. The smallest absolute Gasteiger partial charge is 0.241 e. The second-order valence-electron chi connectivity index (χ2n) is 8.39. The van der Waals surface area contributed by atoms with Crippen LogP contribution in [0.15, 0.2) is 60.8 Å². The summed E-state index contributed by atoms with van der Waals surface area (Å²) in [6.07, 6.45) is 3.12. The van der Waals surface area contributed by atoms with Crippen molar-refractivity contribution in [2.45, 2.75) is 24.9 Å². The molecular formula is C25H29N5O2. The lowest BCUT2D eigenvalue weighted by molar-refractivity contribution is -0.121. The van der Waals surface area contributed by atoms with Crippen molar-refractivity contribution in [1.82, 2.24) is 20.5 Å². The van der Waals surface area contributed by atoms with Crippen LogP contribution >= 0.6 is 0 Å². The van der Waals surface area contributed by atoms with E-state index in [4.69, 9.17) is 0 Å². The molecule has 4 rings (SSSR count). The third-order valence-corrected chi connectivity index (χ3v) is 5.82. The molecule has 2 aromatic carbocycles. The molecule has 7 nitrogen and oxygen atoms in total. The lowest BCUT2D eigenvalue weighted by atomic mass is 10.0. The van der Waals surface area contributed by atoms with Crippen LogP contribution in [0.5, 0.6) is 0 Å². The van der Waals surface area contributed by atoms with E-state index in [0.29, 0.717) is 18.7 Å². The summed E-state index contributed by atoms with van der Waals surface area (Å²) >= 11 is 0. The number of likely N-dealkylation sites (tertiary alicyclic amines) is 1. The van der Waals surface area contributed by atoms with Crippen LogP contribution in [0.25, 0.3) is 10.9 Å². The lowest BCUT2D eigenvalue weighted by Gasteiger charge is -2.18. The van der Waals surface area contributed by atoms with Crippen LogP contribution in [-0.2, 0) is 16.0 Å². The topological polar surface area (TPSA) is 86.4 Å². The van der Waals surface area contributed by atoms with Crippen LogP contribution in [0.1, 0.15) is 17.5 Å². The molecule has 32 heavy (non-hydrogen) atoms. The second kappa shape index (κ2) is 9.89. The number of benzene rings is 2. The predicted molar refractivity (Wildman–Crippen MR) is 127 cm³/mol. The summed E-state index contributed by atoms with van der Waals surface area (Å²) in [6, 6.07) is 18.2. The van der Waals surface area contributed by atoms with Crippen molar-refractivity contribution in [3.63, 3.8) is 0 Å². The van der Waals surface area contributed by atoms with E-state index in [2.05, 4.69) is 45.2 Å². The third kappa shape index (κ3) is 5.30. The monoisotopic (exact) mass is 431 g/mol. The molecule has 1 aromatic heterocycles. The molecular weight excluding hydrogens is 402 g/mol. The van der Waals surface area contributed by atoms with Crippen molar-refractivity contribution in [1.29, 1.82) is 0 Å². The van der Waals surface area contributed by atoms with Crippen molar-refractivity contribution in [3.05, 3.63) is 71.9 Å². The summed E-state index contributed by atoms with van der Waals surface area (Å²) in [5, 5.41) is 9.81. The molecule has 2 amide bonds. The number of carbonyl (C=O) groups excluding carboxylic acids is 2. The van der Waals surface area contributed by atoms with Gasteiger partial charge in [0, 0.05) is 18.0 Å². The number of rotatable bonds is 7. The van der Waals surface area contributed by atoms with Crippen molar-refractivity contribution in [3.8, 4) is 0 Å². The zero-order valence-electron chi connectivity index (χ0n) is 18.5. The number of pyridine rings is 1. The number of amides is 2. The molecule has 0 aliphatic carbocycles. The summed E-state index contributed by atoms with van der Waals surface area (Å²) in [5.41, 5.74) is 4.02. The Kier molecular flexibility index (Phi) is 6.78. The second-order valence-corrected chi connectivity index (χ2v) is 8.39. The van der Waals surface area contributed by atoms with E-state index in [9.17, 15) is 9.59 Å². The number of anilines is 1. The number of fused-ring (bicyclic) bond motifs is 1. The van der Waals surface area contributed by atoms with Gasteiger partial charge in [0.1, 0.15) is 0 Å². The minimum atomic E-state index is -0.296. The van der Waals surface area contributed by atoms with Gasteiger partial charge >= 0.3 is 0 Å². The van der Waals surface area contributed by atoms with E-state index in [1.165, 1.54) is 11.1 Å². The highest BCUT2D eigenvalue weighted by atomic mass is 16.2. The fourth-order valence-electron chi connectivity index (χ4n) is 4.27. The van der Waals surface area contributed by atoms with Crippen molar-refractivity contribution in [2.24, 2.45) is 0 Å². The van der Waals surface area contributed by atoms with Gasteiger partial charge in [-0.25, -0.2) is 0 Å². The molecule has 1 saturated heterocycles. The van der Waals surface area contributed by atoms with E-state index in [1.54, 1.807) is 13.2 Å². The van der Waals surface area contributed by atoms with Gasteiger partial charge in [-0.3, -0.25) is 19.5 Å². The first kappa shape index (κ1) is 21.9. The number of carbonyl (C=O) groups is 2. The molecule has 1 fully saturated rings. The maximum absolute atomic E-state index is 12.9. The van der Waals surface area contributed by atoms with Gasteiger partial charge in [0.05, 0.1) is 30.0 Å². The highest BCUT2D eigenvalue weighted by Crippen LogP contribution is 2.22. The molecule has 166 valence electrons. The molecule has 0 unspecified atom stereocenters. The van der Waals surface area contributed by atoms with Gasteiger partial charge in [-0.15, -0.1) is 0 Å². The van der Waals surface area contributed by atoms with Crippen LogP contribution in [0.3, 0.4) is 0 Å². The minimum Gasteiger partial charge on any atom is -0.351 e. The van der Waals surface area contributed by atoms with Crippen molar-refractivity contribution < 1.29 is 9.59 Å². The third-order valence-electron chi connectivity index (χ3n) is 5.82. The number of nitrogens with zero attached hydrogens (tertiary/aromatic N) is 2. The predicted octanol–water partition coefficient (Wildman–Crippen LogP) is 2.17. The number of likely N-dealkylation sites (N-methyl/N-ethyl adjacent to an activating group) is 2. The Balaban J connectivity index is 1.43. The number of nitrogens with one attached hydrogen (secondary N) is 3. The Morgan fingerprint density at radius 1 is 1.09 bits per heavy atom. The van der Waals surface area contributed by atoms with Gasteiger partial charge in [0.2, 0.25) is 11.8 Å². The van der Waals surface area contributed by atoms with Crippen LogP contribution < -0.4 is 16.0 Å². The molecule has 1 aliphatic rings. The maximum Gasteiger partial charge on any atom is 0.241 e. The fraction of sp³-hybridized carbons (Fsp3) is 0.320. The standard InChI is InChI=1S/C25H29N5O2/c1-26-15-24(31)28-21-13-23(30(2)16-21)25(32)29-20-12-19-11-18(8-9-22(19)27-14-20)10-17-6-4-3-5-7-17/h3-9,11-12,14,21,23,26H,10,13,15-16H2,1-2H3,(H,28,31)(H,29,32)/t21-,23+/m1/s1. The highest BCUT2D eigenvalue weighted by Gasteiger charge is 2.35. The summed E-state index contributed by atoms with van der Waals surface area (Å²) in [6.45, 7) is 0.915. The molecule has 0 bridgehead atoms. The molecule has 0 saturated carbocycles. The molecule has 7 heteroatoms. The van der Waals surface area contributed by atoms with Gasteiger partial charge < -0.3 is 16.0 Å². The van der Waals surface area contributed by atoms with Crippen LogP contribution in [0.4, 0.5) is 5.69 Å². The Bertz CT molecular complexity index is 1100. The zero-order chi connectivity index (χ0) is 22.5. The molecule has 3 N–H and O–H groups in total. The minimum absolute atomic E-state index is 0.0353. The van der Waals surface area contributed by atoms with E-state index in [1.807, 2.05) is 42.3 Å². The summed E-state index contributed by atoms with van der Waals surface area (Å²) in [5.74, 6) is -0.142. The normalized spacial score (nSPS) is 18.6. The summed E-state index contributed by atoms with van der Waals surface area (Å²) in [4.78, 5) is 31.2. The highest BCUT2D eigenvalue weighted by molar-refractivity contribution is 5.96. The molecule has 2 atom stereocenters. The number of hydrogen-bond donors (Lipinski definition) is 3. The Hall–Kier alpha value is -3.29. The van der Waals surface area contributed by atoms with E-state index in [0.717, 1.165) is 17.3 Å². The Morgan fingerprint density at radius 2 is 1.91 bits per heavy atom. The lowest BCUT2D eigenvalue weighted by Crippen LogP contribution is -2.40. The molecule has 2 heterocycles. The van der Waals surface area contributed by atoms with Crippen molar-refractivity contribution >= 4 is 28.4 Å². The molecule has 0 spiro atoms. The first-order valence-corrected chi connectivity index (χ1v) is 10.9. The van der Waals surface area contributed by atoms with Crippen LogP contribution in [-0.4, -0.2) is 61.0 Å². The van der Waals surface area contributed by atoms with Gasteiger partial charge in [0.25, 0.3) is 0 Å². The first-order chi connectivity index (χ1) is 15.5. The summed E-state index contributed by atoms with van der Waals surface area (Å²) < 4.78 is 0. The largest absolute Gasteiger partial charge is 0.351 e. The molecule has 1 aliphatic heterocycles. The van der Waals surface area contributed by atoms with Gasteiger partial charge in [-0.05, 0) is 56.3 Å². The van der Waals surface area contributed by atoms with Gasteiger partial charge in [0.15, 0.2) is 0 Å². The average molecular weight is 432 g/mol. The van der Waals surface area contributed by atoms with Gasteiger partial charge in [-0.2, -0.15) is 0 Å². The van der Waals surface area contributed by atoms with Crippen LogP contribution in [0, 0.1) is 0 Å². The maximum atomic E-state index is 12.9. The molecule has 3 aromatic rings. The number of aromatic nitrogens is 1. The van der Waals surface area contributed by atoms with Gasteiger partial charge in [-0.1, -0.05) is 36.4 Å². The average Bonchev–Trinajstić information content (AvgIpc) is 3.14. The zero-order valence-corrected chi connectivity index (χ0v) is 18.5. The Labute approximate surface area is 188 Å². The van der Waals surface area contributed by atoms with Crippen molar-refractivity contribution in [2.75, 3.05) is 32.5 Å². The Morgan fingerprint density at radius 3 is 2.69 bits per heavy atom. The van der Waals surface area contributed by atoms with E-state index in [-0.39, 0.29) is 30.4 Å². The number of hydrogen-bond acceptors (Lipinski definition) is 5. The SMILES string of the molecule is CNCC(=O)N[C@@H]1C[C@@H](C(=O)Nc2cnc3ccc(Cc4ccccc4)cc3c2)N(C)C1. The summed E-state index contributed by atoms with van der Waals surface area (Å²) in [7, 11) is 3.64. The van der Waals surface area contributed by atoms with E-state index >= 15 is 0 Å².